The lowest BCUT2D eigenvalue weighted by atomic mass is 10.1. The van der Waals surface area contributed by atoms with Crippen LogP contribution in [0.15, 0.2) is 71.8 Å². The predicted molar refractivity (Wildman–Crippen MR) is 133 cm³/mol. The van der Waals surface area contributed by atoms with Crippen molar-refractivity contribution in [2.75, 3.05) is 16.6 Å². The average Bonchev–Trinajstić information content (AvgIpc) is 3.25. The van der Waals surface area contributed by atoms with Gasteiger partial charge < -0.3 is 15.0 Å². The van der Waals surface area contributed by atoms with Gasteiger partial charge in [-0.1, -0.05) is 6.07 Å². The summed E-state index contributed by atoms with van der Waals surface area (Å²) in [5.74, 6) is 0.0855. The summed E-state index contributed by atoms with van der Waals surface area (Å²) in [5.41, 5.74) is 1.73. The lowest BCUT2D eigenvalue weighted by molar-refractivity contribution is -0.384. The zero-order chi connectivity index (χ0) is 25.2. The van der Waals surface area contributed by atoms with Crippen LogP contribution in [0.25, 0.3) is 10.9 Å². The molecule has 10 nitrogen and oxygen atoms in total. The molecule has 180 valence electrons. The molecule has 11 heteroatoms. The molecule has 0 saturated heterocycles. The Balaban J connectivity index is 1.58. The Hall–Kier alpha value is -4.38. The van der Waals surface area contributed by atoms with Crippen LogP contribution in [-0.2, 0) is 10.0 Å². The summed E-state index contributed by atoms with van der Waals surface area (Å²) in [6.07, 6.45) is 1.45. The van der Waals surface area contributed by atoms with E-state index in [1.807, 2.05) is 6.92 Å². The van der Waals surface area contributed by atoms with Crippen LogP contribution in [0.4, 0.5) is 17.1 Å². The van der Waals surface area contributed by atoms with Crippen LogP contribution in [0.3, 0.4) is 0 Å². The van der Waals surface area contributed by atoms with Crippen molar-refractivity contribution in [3.63, 3.8) is 0 Å². The van der Waals surface area contributed by atoms with Crippen molar-refractivity contribution in [3.05, 3.63) is 88.1 Å². The molecule has 0 unspecified atom stereocenters. The number of aryl methyl sites for hydroxylation is 1. The summed E-state index contributed by atoms with van der Waals surface area (Å²) < 4.78 is 34.0. The molecule has 0 saturated carbocycles. The summed E-state index contributed by atoms with van der Waals surface area (Å²) in [6.45, 7) is 4.00. The van der Waals surface area contributed by atoms with E-state index in [-0.39, 0.29) is 21.8 Å². The Morgan fingerprint density at radius 1 is 1.06 bits per heavy atom. The number of sulfonamides is 1. The van der Waals surface area contributed by atoms with E-state index < -0.39 is 20.9 Å². The van der Waals surface area contributed by atoms with E-state index in [0.717, 1.165) is 0 Å². The molecule has 1 aromatic heterocycles. The number of rotatable bonds is 8. The molecule has 0 atom stereocenters. The monoisotopic (exact) mass is 494 g/mol. The maximum Gasteiger partial charge on any atom is 0.270 e. The third-order valence-corrected chi connectivity index (χ3v) is 6.80. The van der Waals surface area contributed by atoms with E-state index in [1.54, 1.807) is 43.3 Å². The molecule has 0 spiro atoms. The standard InChI is InChI=1S/C24H22N4O6S/c1-3-34-19-9-6-16(7-10-19)27-35(32,33)23-12-17(5-4-15(23)2)26-24(29)21-14-25-22-11-8-18(28(30)31)13-20(21)22/h4-14,25,27H,3H2,1-2H3,(H,26,29). The highest BCUT2D eigenvalue weighted by atomic mass is 32.2. The highest BCUT2D eigenvalue weighted by Crippen LogP contribution is 2.27. The zero-order valence-electron chi connectivity index (χ0n) is 18.9. The first-order valence-electron chi connectivity index (χ1n) is 10.6. The molecule has 0 aliphatic rings. The topological polar surface area (TPSA) is 143 Å². The molecular formula is C24H22N4O6S. The van der Waals surface area contributed by atoms with E-state index >= 15 is 0 Å². The molecule has 0 radical (unpaired) electrons. The van der Waals surface area contributed by atoms with Crippen LogP contribution in [0.1, 0.15) is 22.8 Å². The molecule has 35 heavy (non-hydrogen) atoms. The first-order chi connectivity index (χ1) is 16.7. The first kappa shape index (κ1) is 23.8. The van der Waals surface area contributed by atoms with Crippen molar-refractivity contribution in [1.82, 2.24) is 4.98 Å². The van der Waals surface area contributed by atoms with Gasteiger partial charge in [-0.3, -0.25) is 19.6 Å². The van der Waals surface area contributed by atoms with Gasteiger partial charge in [0.2, 0.25) is 0 Å². The van der Waals surface area contributed by atoms with Crippen molar-refractivity contribution >= 4 is 43.9 Å². The van der Waals surface area contributed by atoms with Gasteiger partial charge in [-0.15, -0.1) is 0 Å². The Morgan fingerprint density at radius 2 is 1.77 bits per heavy atom. The highest BCUT2D eigenvalue weighted by Gasteiger charge is 2.20. The van der Waals surface area contributed by atoms with Crippen molar-refractivity contribution in [2.45, 2.75) is 18.7 Å². The third kappa shape index (κ3) is 5.09. The summed E-state index contributed by atoms with van der Waals surface area (Å²) in [7, 11) is -3.95. The van der Waals surface area contributed by atoms with Crippen LogP contribution < -0.4 is 14.8 Å². The number of carbonyl (C=O) groups excluding carboxylic acids is 1. The van der Waals surface area contributed by atoms with E-state index in [0.29, 0.717) is 34.5 Å². The van der Waals surface area contributed by atoms with Crippen LogP contribution >= 0.6 is 0 Å². The maximum absolute atomic E-state index is 13.1. The minimum atomic E-state index is -3.95. The Bertz CT molecular complexity index is 1530. The smallest absolute Gasteiger partial charge is 0.270 e. The fourth-order valence-electron chi connectivity index (χ4n) is 3.57. The number of nitrogens with zero attached hydrogens (tertiary/aromatic N) is 1. The number of nitro benzene ring substituents is 1. The Kier molecular flexibility index (Phi) is 6.43. The van der Waals surface area contributed by atoms with Crippen molar-refractivity contribution in [2.24, 2.45) is 0 Å². The lowest BCUT2D eigenvalue weighted by Gasteiger charge is -2.13. The average molecular weight is 495 g/mol. The van der Waals surface area contributed by atoms with E-state index in [4.69, 9.17) is 4.74 Å². The van der Waals surface area contributed by atoms with Crippen LogP contribution in [-0.4, -0.2) is 30.8 Å². The maximum atomic E-state index is 13.1. The summed E-state index contributed by atoms with van der Waals surface area (Å²) >= 11 is 0. The van der Waals surface area contributed by atoms with E-state index in [1.165, 1.54) is 30.5 Å². The number of carbonyl (C=O) groups is 1. The number of anilines is 2. The molecule has 3 aromatic carbocycles. The van der Waals surface area contributed by atoms with Gasteiger partial charge >= 0.3 is 0 Å². The molecule has 0 aliphatic heterocycles. The van der Waals surface area contributed by atoms with Gasteiger partial charge in [0.1, 0.15) is 5.75 Å². The number of fused-ring (bicyclic) bond motifs is 1. The van der Waals surface area contributed by atoms with Crippen LogP contribution in [0, 0.1) is 17.0 Å². The van der Waals surface area contributed by atoms with Crippen molar-refractivity contribution in [1.29, 1.82) is 0 Å². The van der Waals surface area contributed by atoms with E-state index in [2.05, 4.69) is 15.0 Å². The van der Waals surface area contributed by atoms with Gasteiger partial charge in [0.25, 0.3) is 21.6 Å². The quantitative estimate of drug-likeness (QED) is 0.236. The fraction of sp³-hybridized carbons (Fsp3) is 0.125. The fourth-order valence-corrected chi connectivity index (χ4v) is 4.90. The number of nitro groups is 1. The number of hydrogen-bond donors (Lipinski definition) is 3. The molecule has 1 amide bonds. The van der Waals surface area contributed by atoms with Gasteiger partial charge in [0.05, 0.1) is 22.0 Å². The number of non-ortho nitro benzene ring substituents is 1. The van der Waals surface area contributed by atoms with Crippen LogP contribution in [0.2, 0.25) is 0 Å². The molecule has 0 aliphatic carbocycles. The molecule has 3 N–H and O–H groups in total. The number of aromatic nitrogens is 1. The van der Waals surface area contributed by atoms with Gasteiger partial charge in [-0.2, -0.15) is 0 Å². The van der Waals surface area contributed by atoms with E-state index in [9.17, 15) is 23.3 Å². The summed E-state index contributed by atoms with van der Waals surface area (Å²) in [4.78, 5) is 26.4. The number of hydrogen-bond acceptors (Lipinski definition) is 6. The lowest BCUT2D eigenvalue weighted by Crippen LogP contribution is -2.16. The zero-order valence-corrected chi connectivity index (χ0v) is 19.7. The van der Waals surface area contributed by atoms with Gasteiger partial charge in [0, 0.05) is 40.6 Å². The normalized spacial score (nSPS) is 11.3. The third-order valence-electron chi connectivity index (χ3n) is 5.27. The minimum absolute atomic E-state index is 0.00116. The van der Waals surface area contributed by atoms with Crippen molar-refractivity contribution in [3.8, 4) is 5.75 Å². The minimum Gasteiger partial charge on any atom is -0.494 e. The molecule has 4 rings (SSSR count). The number of aromatic amines is 1. The number of nitrogens with one attached hydrogen (secondary N) is 3. The Labute approximate surface area is 201 Å². The second-order valence-corrected chi connectivity index (χ2v) is 9.34. The predicted octanol–water partition coefficient (Wildman–Crippen LogP) is 4.84. The Morgan fingerprint density at radius 3 is 2.46 bits per heavy atom. The van der Waals surface area contributed by atoms with Gasteiger partial charge in [0.15, 0.2) is 0 Å². The largest absolute Gasteiger partial charge is 0.494 e. The number of ether oxygens (including phenoxy) is 1. The summed E-state index contributed by atoms with van der Waals surface area (Å²) in [6, 6.07) is 15.2. The number of H-pyrrole nitrogens is 1. The molecule has 4 aromatic rings. The second kappa shape index (κ2) is 9.47. The van der Waals surface area contributed by atoms with Gasteiger partial charge in [-0.25, -0.2) is 8.42 Å². The number of amides is 1. The SMILES string of the molecule is CCOc1ccc(NS(=O)(=O)c2cc(NC(=O)c3c[nH]c4ccc([N+](=O)[O-])cc34)ccc2C)cc1. The summed E-state index contributed by atoms with van der Waals surface area (Å²) in [5, 5.41) is 14.2. The van der Waals surface area contributed by atoms with Gasteiger partial charge in [-0.05, 0) is 61.9 Å². The van der Waals surface area contributed by atoms with Crippen LogP contribution in [0.5, 0.6) is 5.75 Å². The number of benzene rings is 3. The highest BCUT2D eigenvalue weighted by molar-refractivity contribution is 7.92. The van der Waals surface area contributed by atoms with Crippen molar-refractivity contribution < 1.29 is 22.9 Å². The molecule has 1 heterocycles. The second-order valence-electron chi connectivity index (χ2n) is 7.69. The molecular weight excluding hydrogens is 472 g/mol. The molecule has 0 fully saturated rings. The first-order valence-corrected chi connectivity index (χ1v) is 12.1. The molecule has 0 bridgehead atoms.